The number of nitrogens with zero attached hydrogens (tertiary/aromatic N) is 2. The monoisotopic (exact) mass is 509 g/mol. The number of carbonyl (C=O) groups is 1. The molecule has 35 heavy (non-hydrogen) atoms. The number of carbonyl (C=O) groups excluding carboxylic acids is 1. The highest BCUT2D eigenvalue weighted by molar-refractivity contribution is 6.34. The maximum atomic E-state index is 12.8. The zero-order valence-corrected chi connectivity index (χ0v) is 20.5. The second kappa shape index (κ2) is 9.17. The number of ether oxygens (including phenoxy) is 3. The number of esters is 1. The Kier molecular flexibility index (Phi) is 6.05. The number of nitrogen functional groups attached to an aromatic ring is 1. The molecular weight excluding hydrogens is 489 g/mol. The van der Waals surface area contributed by atoms with Gasteiger partial charge in [-0.2, -0.15) is 5.10 Å². The number of anilines is 1. The van der Waals surface area contributed by atoms with Gasteiger partial charge in [0, 0.05) is 32.9 Å². The molecule has 0 saturated heterocycles. The van der Waals surface area contributed by atoms with Crippen molar-refractivity contribution in [2.24, 2.45) is 0 Å². The summed E-state index contributed by atoms with van der Waals surface area (Å²) < 4.78 is 18.6. The molecule has 0 saturated carbocycles. The summed E-state index contributed by atoms with van der Waals surface area (Å²) in [6.07, 6.45) is 0. The predicted molar refractivity (Wildman–Crippen MR) is 136 cm³/mol. The second-order valence-corrected chi connectivity index (χ2v) is 8.77. The van der Waals surface area contributed by atoms with Gasteiger partial charge in [0.05, 0.1) is 30.7 Å². The first-order valence-electron chi connectivity index (χ1n) is 10.9. The Hall–Kier alpha value is -3.68. The van der Waals surface area contributed by atoms with Crippen molar-refractivity contribution in [2.75, 3.05) is 19.5 Å². The van der Waals surface area contributed by atoms with Gasteiger partial charge in [-0.1, -0.05) is 35.3 Å². The Morgan fingerprint density at radius 3 is 2.57 bits per heavy atom. The van der Waals surface area contributed by atoms with E-state index in [1.54, 1.807) is 36.9 Å². The van der Waals surface area contributed by atoms with E-state index in [0.29, 0.717) is 44.2 Å². The Labute approximate surface area is 211 Å². The van der Waals surface area contributed by atoms with Crippen LogP contribution < -0.4 is 15.2 Å². The summed E-state index contributed by atoms with van der Waals surface area (Å²) in [6.45, 7) is 2.09. The summed E-state index contributed by atoms with van der Waals surface area (Å²) in [5.74, 6) is 0.680. The molecule has 1 aliphatic rings. The molecule has 0 atom stereocenters. The van der Waals surface area contributed by atoms with Crippen molar-refractivity contribution in [3.05, 3.63) is 75.9 Å². The van der Waals surface area contributed by atoms with Gasteiger partial charge >= 0.3 is 5.97 Å². The minimum atomic E-state index is -0.535. The zero-order valence-electron chi connectivity index (χ0n) is 19.0. The van der Waals surface area contributed by atoms with Crippen molar-refractivity contribution < 1.29 is 19.0 Å². The number of hydrogen-bond donors (Lipinski definition) is 1. The van der Waals surface area contributed by atoms with E-state index in [0.717, 1.165) is 16.7 Å². The van der Waals surface area contributed by atoms with Crippen molar-refractivity contribution in [1.29, 1.82) is 0 Å². The largest absolute Gasteiger partial charge is 0.496 e. The minimum Gasteiger partial charge on any atom is -0.496 e. The number of hydrogen-bond acceptors (Lipinski definition) is 6. The van der Waals surface area contributed by atoms with Crippen LogP contribution in [0.25, 0.3) is 28.1 Å². The molecule has 1 aromatic heterocycles. The van der Waals surface area contributed by atoms with Crippen LogP contribution >= 0.6 is 23.2 Å². The average Bonchev–Trinajstić information content (AvgIpc) is 3.23. The smallest absolute Gasteiger partial charge is 0.359 e. The lowest BCUT2D eigenvalue weighted by Crippen LogP contribution is -2.12. The van der Waals surface area contributed by atoms with E-state index in [-0.39, 0.29) is 18.9 Å². The van der Waals surface area contributed by atoms with Crippen LogP contribution in [0, 0.1) is 0 Å². The van der Waals surface area contributed by atoms with Crippen molar-refractivity contribution in [2.45, 2.75) is 13.5 Å². The van der Waals surface area contributed by atoms with Gasteiger partial charge in [-0.3, -0.25) is 0 Å². The first-order chi connectivity index (χ1) is 16.9. The molecule has 7 nitrogen and oxygen atoms in total. The highest BCUT2D eigenvalue weighted by atomic mass is 35.5. The molecule has 0 bridgehead atoms. The van der Waals surface area contributed by atoms with Crippen LogP contribution in [0.4, 0.5) is 5.69 Å². The van der Waals surface area contributed by atoms with Crippen LogP contribution in [-0.2, 0) is 11.3 Å². The number of fused-ring (bicyclic) bond motifs is 3. The van der Waals surface area contributed by atoms with Crippen molar-refractivity contribution in [3.8, 4) is 39.6 Å². The van der Waals surface area contributed by atoms with Gasteiger partial charge in [0.1, 0.15) is 18.1 Å². The molecular formula is C26H21Cl2N3O4. The standard InChI is InChI=1S/C26H21Cl2N3O4/c1-3-34-26(32)24-21-13-35-23-12-22(33-2)19(14-5-4-6-17(29)7-14)11-20(23)25(21)31(30-24)18-9-15(27)8-16(28)10-18/h4-12H,3,13,29H2,1-2H3. The first kappa shape index (κ1) is 23.1. The van der Waals surface area contributed by atoms with Crippen molar-refractivity contribution in [3.63, 3.8) is 0 Å². The van der Waals surface area contributed by atoms with Gasteiger partial charge < -0.3 is 19.9 Å². The molecule has 3 aromatic carbocycles. The minimum absolute atomic E-state index is 0.131. The highest BCUT2D eigenvalue weighted by Gasteiger charge is 2.32. The van der Waals surface area contributed by atoms with E-state index in [4.69, 9.17) is 43.1 Å². The number of halogens is 2. The quantitative estimate of drug-likeness (QED) is 0.255. The molecule has 9 heteroatoms. The molecule has 0 radical (unpaired) electrons. The lowest BCUT2D eigenvalue weighted by Gasteiger charge is -2.22. The fourth-order valence-corrected chi connectivity index (χ4v) is 4.71. The summed E-state index contributed by atoms with van der Waals surface area (Å²) in [4.78, 5) is 12.8. The van der Waals surface area contributed by atoms with Crippen molar-refractivity contribution in [1.82, 2.24) is 9.78 Å². The number of nitrogens with two attached hydrogens (primary N) is 1. The van der Waals surface area contributed by atoms with Gasteiger partial charge in [-0.05, 0) is 48.9 Å². The number of benzene rings is 3. The first-order valence-corrected chi connectivity index (χ1v) is 11.6. The molecule has 5 rings (SSSR count). The van der Waals surface area contributed by atoms with Crippen LogP contribution in [0.15, 0.2) is 54.6 Å². The Balaban J connectivity index is 1.79. The van der Waals surface area contributed by atoms with E-state index in [1.165, 1.54) is 0 Å². The molecule has 178 valence electrons. The van der Waals surface area contributed by atoms with E-state index in [1.807, 2.05) is 36.4 Å². The summed E-state index contributed by atoms with van der Waals surface area (Å²) in [7, 11) is 1.60. The lowest BCUT2D eigenvalue weighted by molar-refractivity contribution is 0.0516. The van der Waals surface area contributed by atoms with Gasteiger partial charge in [0.25, 0.3) is 0 Å². The van der Waals surface area contributed by atoms with E-state index in [9.17, 15) is 4.79 Å². The van der Waals surface area contributed by atoms with Crippen LogP contribution in [-0.4, -0.2) is 29.5 Å². The second-order valence-electron chi connectivity index (χ2n) is 7.90. The molecule has 4 aromatic rings. The molecule has 2 heterocycles. The average molecular weight is 510 g/mol. The zero-order chi connectivity index (χ0) is 24.7. The summed E-state index contributed by atoms with van der Waals surface area (Å²) in [5, 5.41) is 5.50. The van der Waals surface area contributed by atoms with E-state index in [2.05, 4.69) is 5.10 Å². The molecule has 1 aliphatic heterocycles. The molecule has 2 N–H and O–H groups in total. The predicted octanol–water partition coefficient (Wildman–Crippen LogP) is 6.17. The number of methoxy groups -OCH3 is 1. The topological polar surface area (TPSA) is 88.6 Å². The number of rotatable bonds is 5. The maximum absolute atomic E-state index is 12.8. The van der Waals surface area contributed by atoms with Crippen molar-refractivity contribution >= 4 is 34.9 Å². The SMILES string of the molecule is CCOC(=O)c1nn(-c2cc(Cl)cc(Cl)c2)c2c1COc1cc(OC)c(-c3cccc(N)c3)cc1-2. The number of aromatic nitrogens is 2. The summed E-state index contributed by atoms with van der Waals surface area (Å²) >= 11 is 12.6. The molecule has 0 amide bonds. The normalized spacial score (nSPS) is 11.9. The molecule has 0 fully saturated rings. The maximum Gasteiger partial charge on any atom is 0.359 e. The Bertz CT molecular complexity index is 1450. The summed E-state index contributed by atoms with van der Waals surface area (Å²) in [6, 6.07) is 16.4. The molecule has 0 aliphatic carbocycles. The lowest BCUT2D eigenvalue weighted by atomic mass is 9.95. The Morgan fingerprint density at radius 2 is 1.89 bits per heavy atom. The van der Waals surface area contributed by atoms with Crippen LogP contribution in [0.3, 0.4) is 0 Å². The molecule has 0 unspecified atom stereocenters. The Morgan fingerprint density at radius 1 is 1.11 bits per heavy atom. The third-order valence-electron chi connectivity index (χ3n) is 5.67. The van der Waals surface area contributed by atoms with E-state index >= 15 is 0 Å². The van der Waals surface area contributed by atoms with Gasteiger partial charge in [-0.25, -0.2) is 9.48 Å². The summed E-state index contributed by atoms with van der Waals surface area (Å²) in [5.41, 5.74) is 11.1. The van der Waals surface area contributed by atoms with Gasteiger partial charge in [0.15, 0.2) is 5.69 Å². The third-order valence-corrected chi connectivity index (χ3v) is 6.11. The highest BCUT2D eigenvalue weighted by Crippen LogP contribution is 2.46. The molecule has 0 spiro atoms. The fourth-order valence-electron chi connectivity index (χ4n) is 4.19. The van der Waals surface area contributed by atoms with Gasteiger partial charge in [0.2, 0.25) is 0 Å². The van der Waals surface area contributed by atoms with Crippen LogP contribution in [0.2, 0.25) is 10.0 Å². The van der Waals surface area contributed by atoms with Crippen LogP contribution in [0.5, 0.6) is 11.5 Å². The van der Waals surface area contributed by atoms with E-state index < -0.39 is 5.97 Å². The fraction of sp³-hybridized carbons (Fsp3) is 0.154. The van der Waals surface area contributed by atoms with Gasteiger partial charge in [-0.15, -0.1) is 0 Å². The third kappa shape index (κ3) is 4.17. The van der Waals surface area contributed by atoms with Crippen LogP contribution in [0.1, 0.15) is 23.0 Å².